The summed E-state index contributed by atoms with van der Waals surface area (Å²) < 4.78 is 26.7. The summed E-state index contributed by atoms with van der Waals surface area (Å²) in [6.07, 6.45) is -0.203. The van der Waals surface area contributed by atoms with E-state index in [-0.39, 0.29) is 12.0 Å². The van der Waals surface area contributed by atoms with Gasteiger partial charge < -0.3 is 10.8 Å². The van der Waals surface area contributed by atoms with Gasteiger partial charge in [-0.25, -0.2) is 8.78 Å². The van der Waals surface area contributed by atoms with Gasteiger partial charge in [0.25, 0.3) is 0 Å². The molecule has 0 unspecified atom stereocenters. The molecular formula is C13H11F2NO2S. The molecule has 3 nitrogen and oxygen atoms in total. The van der Waals surface area contributed by atoms with E-state index in [1.54, 1.807) is 12.1 Å². The fourth-order valence-corrected chi connectivity index (χ4v) is 2.70. The number of thiophene rings is 1. The predicted octanol–water partition coefficient (Wildman–Crippen LogP) is 3.17. The average Bonchev–Trinajstić information content (AvgIpc) is 2.80. The fraction of sp³-hybridized carbons (Fsp3) is 0.154. The Balaban J connectivity index is 2.30. The number of carbonyl (C=O) groups is 1. The molecule has 0 fully saturated rings. The monoisotopic (exact) mass is 283 g/mol. The lowest BCUT2D eigenvalue weighted by molar-refractivity contribution is -0.137. The number of aliphatic carboxylic acids is 1. The van der Waals surface area contributed by atoms with E-state index >= 15 is 0 Å². The number of rotatable bonds is 4. The minimum absolute atomic E-state index is 0.152. The van der Waals surface area contributed by atoms with Crippen molar-refractivity contribution in [2.75, 3.05) is 0 Å². The lowest BCUT2D eigenvalue weighted by Gasteiger charge is -2.05. The van der Waals surface area contributed by atoms with Gasteiger partial charge in [-0.2, -0.15) is 0 Å². The first-order valence-corrected chi connectivity index (χ1v) is 6.31. The SMILES string of the molecule is N[C@@H](CC(=O)O)c1ccc(-c2cc(F)ccc2F)s1. The Bertz CT molecular complexity index is 612. The van der Waals surface area contributed by atoms with Gasteiger partial charge in [-0.1, -0.05) is 0 Å². The Kier molecular flexibility index (Phi) is 3.92. The number of hydrogen-bond acceptors (Lipinski definition) is 3. The van der Waals surface area contributed by atoms with Crippen molar-refractivity contribution in [3.8, 4) is 10.4 Å². The number of benzene rings is 1. The smallest absolute Gasteiger partial charge is 0.305 e. The number of hydrogen-bond donors (Lipinski definition) is 2. The van der Waals surface area contributed by atoms with Gasteiger partial charge in [-0.15, -0.1) is 11.3 Å². The molecule has 3 N–H and O–H groups in total. The zero-order chi connectivity index (χ0) is 14.0. The molecule has 2 rings (SSSR count). The van der Waals surface area contributed by atoms with Crippen LogP contribution in [0, 0.1) is 11.6 Å². The Hall–Kier alpha value is -1.79. The molecule has 6 heteroatoms. The molecule has 0 aliphatic carbocycles. The van der Waals surface area contributed by atoms with Crippen LogP contribution in [0.3, 0.4) is 0 Å². The zero-order valence-electron chi connectivity index (χ0n) is 9.77. The normalized spacial score (nSPS) is 12.4. The van der Waals surface area contributed by atoms with Crippen molar-refractivity contribution in [1.29, 1.82) is 0 Å². The van der Waals surface area contributed by atoms with Gasteiger partial charge in [0, 0.05) is 21.4 Å². The van der Waals surface area contributed by atoms with Crippen molar-refractivity contribution >= 4 is 17.3 Å². The first-order valence-electron chi connectivity index (χ1n) is 5.50. The molecule has 1 heterocycles. The Labute approximate surface area is 112 Å². The summed E-state index contributed by atoms with van der Waals surface area (Å²) in [6.45, 7) is 0. The van der Waals surface area contributed by atoms with Crippen LogP contribution in [0.1, 0.15) is 17.3 Å². The summed E-state index contributed by atoms with van der Waals surface area (Å²) in [4.78, 5) is 11.7. The van der Waals surface area contributed by atoms with Gasteiger partial charge in [0.15, 0.2) is 0 Å². The number of carboxylic acids is 1. The van der Waals surface area contributed by atoms with Gasteiger partial charge in [-0.05, 0) is 30.3 Å². The van der Waals surface area contributed by atoms with Gasteiger partial charge in [0.05, 0.1) is 6.42 Å². The lowest BCUT2D eigenvalue weighted by Crippen LogP contribution is -2.13. The highest BCUT2D eigenvalue weighted by Gasteiger charge is 2.15. The Morgan fingerprint density at radius 3 is 2.74 bits per heavy atom. The van der Waals surface area contributed by atoms with Gasteiger partial charge in [0.2, 0.25) is 0 Å². The Morgan fingerprint density at radius 1 is 1.32 bits per heavy atom. The first kappa shape index (κ1) is 13.6. The van der Waals surface area contributed by atoms with Crippen molar-refractivity contribution in [2.45, 2.75) is 12.5 Å². The standard InChI is InChI=1S/C13H11F2NO2S/c14-7-1-2-9(15)8(5-7)11-3-4-12(19-11)10(16)6-13(17)18/h1-5,10H,6,16H2,(H,17,18)/t10-/m0/s1. The maximum atomic E-state index is 13.6. The first-order chi connectivity index (χ1) is 8.97. The highest BCUT2D eigenvalue weighted by atomic mass is 32.1. The molecule has 100 valence electrons. The summed E-state index contributed by atoms with van der Waals surface area (Å²) in [5.41, 5.74) is 5.87. The number of carboxylic acid groups (broad SMARTS) is 1. The minimum atomic E-state index is -1.00. The minimum Gasteiger partial charge on any atom is -0.481 e. The van der Waals surface area contributed by atoms with Gasteiger partial charge in [-0.3, -0.25) is 4.79 Å². The van der Waals surface area contributed by atoms with Gasteiger partial charge in [0.1, 0.15) is 11.6 Å². The van der Waals surface area contributed by atoms with Crippen LogP contribution in [0.15, 0.2) is 30.3 Å². The molecule has 0 saturated carbocycles. The summed E-state index contributed by atoms with van der Waals surface area (Å²) in [5, 5.41) is 8.66. The third-order valence-corrected chi connectivity index (χ3v) is 3.83. The van der Waals surface area contributed by atoms with Crippen molar-refractivity contribution in [3.63, 3.8) is 0 Å². The van der Waals surface area contributed by atoms with E-state index in [1.807, 2.05) is 0 Å². The van der Waals surface area contributed by atoms with E-state index in [2.05, 4.69) is 0 Å². The molecule has 1 atom stereocenters. The zero-order valence-corrected chi connectivity index (χ0v) is 10.6. The van der Waals surface area contributed by atoms with Crippen molar-refractivity contribution in [1.82, 2.24) is 0 Å². The second kappa shape index (κ2) is 5.46. The summed E-state index contributed by atoms with van der Waals surface area (Å²) in [5.74, 6) is -2.05. The average molecular weight is 283 g/mol. The Morgan fingerprint density at radius 2 is 2.05 bits per heavy atom. The van der Waals surface area contributed by atoms with Gasteiger partial charge >= 0.3 is 5.97 Å². The molecule has 0 amide bonds. The number of halogens is 2. The second-order valence-electron chi connectivity index (χ2n) is 4.03. The summed E-state index contributed by atoms with van der Waals surface area (Å²) in [6, 6.07) is 5.81. The van der Waals surface area contributed by atoms with Crippen LogP contribution in [0.25, 0.3) is 10.4 Å². The van der Waals surface area contributed by atoms with Crippen LogP contribution in [0.4, 0.5) is 8.78 Å². The molecule has 0 spiro atoms. The van der Waals surface area contributed by atoms with E-state index < -0.39 is 23.6 Å². The second-order valence-corrected chi connectivity index (χ2v) is 5.15. The summed E-state index contributed by atoms with van der Waals surface area (Å²) >= 11 is 1.16. The maximum Gasteiger partial charge on any atom is 0.305 e. The van der Waals surface area contributed by atoms with E-state index in [0.29, 0.717) is 9.75 Å². The highest BCUT2D eigenvalue weighted by molar-refractivity contribution is 7.15. The molecule has 1 aromatic carbocycles. The molecule has 1 aromatic heterocycles. The molecular weight excluding hydrogens is 272 g/mol. The van der Waals surface area contributed by atoms with Crippen LogP contribution in [0.5, 0.6) is 0 Å². The van der Waals surface area contributed by atoms with Crippen molar-refractivity contribution in [3.05, 3.63) is 46.8 Å². The number of nitrogens with two attached hydrogens (primary N) is 1. The molecule has 19 heavy (non-hydrogen) atoms. The third-order valence-electron chi connectivity index (χ3n) is 2.58. The van der Waals surface area contributed by atoms with Crippen LogP contribution >= 0.6 is 11.3 Å². The van der Waals surface area contributed by atoms with Crippen LogP contribution in [-0.2, 0) is 4.79 Å². The van der Waals surface area contributed by atoms with E-state index in [9.17, 15) is 13.6 Å². The summed E-state index contributed by atoms with van der Waals surface area (Å²) in [7, 11) is 0. The molecule has 0 saturated heterocycles. The quantitative estimate of drug-likeness (QED) is 0.906. The molecule has 0 radical (unpaired) electrons. The molecule has 2 aromatic rings. The fourth-order valence-electron chi connectivity index (χ4n) is 1.67. The van der Waals surface area contributed by atoms with E-state index in [4.69, 9.17) is 10.8 Å². The van der Waals surface area contributed by atoms with Crippen LogP contribution in [0.2, 0.25) is 0 Å². The molecule has 0 aliphatic heterocycles. The molecule has 0 bridgehead atoms. The topological polar surface area (TPSA) is 63.3 Å². The van der Waals surface area contributed by atoms with Crippen LogP contribution < -0.4 is 5.73 Å². The largest absolute Gasteiger partial charge is 0.481 e. The predicted molar refractivity (Wildman–Crippen MR) is 68.9 cm³/mol. The molecule has 0 aliphatic rings. The van der Waals surface area contributed by atoms with E-state index in [0.717, 1.165) is 29.5 Å². The third kappa shape index (κ3) is 3.15. The highest BCUT2D eigenvalue weighted by Crippen LogP contribution is 2.33. The lowest BCUT2D eigenvalue weighted by atomic mass is 10.1. The van der Waals surface area contributed by atoms with E-state index in [1.165, 1.54) is 0 Å². The maximum absolute atomic E-state index is 13.6. The van der Waals surface area contributed by atoms with Crippen molar-refractivity contribution in [2.24, 2.45) is 5.73 Å². The van der Waals surface area contributed by atoms with Crippen molar-refractivity contribution < 1.29 is 18.7 Å². The van der Waals surface area contributed by atoms with Crippen LogP contribution in [-0.4, -0.2) is 11.1 Å².